The molecule has 1 aromatic carbocycles. The fraction of sp³-hybridized carbons (Fsp3) is 0.500. The maximum absolute atomic E-state index is 12.0. The first-order chi connectivity index (χ1) is 11.1. The topological polar surface area (TPSA) is 66.5 Å². The minimum absolute atomic E-state index is 0.182. The number of carbonyl (C=O) groups excluding carboxylic acids is 3. The molecule has 0 spiro atoms. The highest BCUT2D eigenvalue weighted by molar-refractivity contribution is 6.01. The molecule has 1 aromatic rings. The van der Waals surface area contributed by atoms with Crippen molar-refractivity contribution in [3.63, 3.8) is 0 Å². The van der Waals surface area contributed by atoms with Gasteiger partial charge in [-0.3, -0.25) is 14.9 Å². The number of nitrogens with zero attached hydrogens (tertiary/aromatic N) is 1. The Morgan fingerprint density at radius 2 is 1.91 bits per heavy atom. The smallest absolute Gasteiger partial charge is 0.234 e. The summed E-state index contributed by atoms with van der Waals surface area (Å²) >= 11 is 0. The standard InChI is InChI=1S/C18H22N2O3/c1-12-10-14(20-8-6-13(11-21)7-9-20)2-3-15(12)16-4-5-17(22)19-18(16)23/h2-3,10-11,13,16H,4-9H2,1H3,(H,19,22,23). The molecule has 0 aliphatic carbocycles. The van der Waals surface area contributed by atoms with E-state index < -0.39 is 0 Å². The van der Waals surface area contributed by atoms with Gasteiger partial charge in [0.1, 0.15) is 6.29 Å². The fourth-order valence-corrected chi connectivity index (χ4v) is 3.53. The second-order valence-electron chi connectivity index (χ2n) is 6.51. The van der Waals surface area contributed by atoms with Gasteiger partial charge in [-0.1, -0.05) is 6.07 Å². The summed E-state index contributed by atoms with van der Waals surface area (Å²) in [4.78, 5) is 36.5. The number of hydrogen-bond acceptors (Lipinski definition) is 4. The average Bonchev–Trinajstić information content (AvgIpc) is 2.55. The van der Waals surface area contributed by atoms with E-state index in [-0.39, 0.29) is 23.7 Å². The molecule has 5 nitrogen and oxygen atoms in total. The van der Waals surface area contributed by atoms with Crippen LogP contribution in [-0.4, -0.2) is 31.2 Å². The Bertz CT molecular complexity index is 633. The van der Waals surface area contributed by atoms with Crippen molar-refractivity contribution in [2.45, 2.75) is 38.5 Å². The van der Waals surface area contributed by atoms with E-state index in [2.05, 4.69) is 16.3 Å². The molecular formula is C18H22N2O3. The molecule has 0 bridgehead atoms. The maximum Gasteiger partial charge on any atom is 0.234 e. The lowest BCUT2D eigenvalue weighted by Crippen LogP contribution is -2.39. The van der Waals surface area contributed by atoms with Gasteiger partial charge in [-0.05, 0) is 49.4 Å². The van der Waals surface area contributed by atoms with Crippen molar-refractivity contribution in [2.75, 3.05) is 18.0 Å². The lowest BCUT2D eigenvalue weighted by molar-refractivity contribution is -0.134. The van der Waals surface area contributed by atoms with E-state index >= 15 is 0 Å². The minimum atomic E-state index is -0.234. The van der Waals surface area contributed by atoms with Crippen LogP contribution in [0.25, 0.3) is 0 Å². The summed E-state index contributed by atoms with van der Waals surface area (Å²) in [5.41, 5.74) is 3.22. The first kappa shape index (κ1) is 15.7. The van der Waals surface area contributed by atoms with Crippen LogP contribution in [0.4, 0.5) is 5.69 Å². The maximum atomic E-state index is 12.0. The summed E-state index contributed by atoms with van der Waals surface area (Å²) in [6, 6.07) is 6.17. The molecule has 2 aliphatic rings. The summed E-state index contributed by atoms with van der Waals surface area (Å²) < 4.78 is 0. The third kappa shape index (κ3) is 3.28. The van der Waals surface area contributed by atoms with E-state index in [0.29, 0.717) is 12.8 Å². The van der Waals surface area contributed by atoms with Crippen molar-refractivity contribution in [1.29, 1.82) is 0 Å². The number of nitrogens with one attached hydrogen (secondary N) is 1. The van der Waals surface area contributed by atoms with Crippen LogP contribution in [0.5, 0.6) is 0 Å². The number of imide groups is 1. The molecule has 2 saturated heterocycles. The van der Waals surface area contributed by atoms with Crippen LogP contribution >= 0.6 is 0 Å². The van der Waals surface area contributed by atoms with Crippen LogP contribution < -0.4 is 10.2 Å². The van der Waals surface area contributed by atoms with Crippen molar-refractivity contribution < 1.29 is 14.4 Å². The minimum Gasteiger partial charge on any atom is -0.371 e. The zero-order chi connectivity index (χ0) is 16.4. The Morgan fingerprint density at radius 3 is 2.52 bits per heavy atom. The quantitative estimate of drug-likeness (QED) is 0.684. The largest absolute Gasteiger partial charge is 0.371 e. The third-order valence-corrected chi connectivity index (χ3v) is 4.97. The number of aryl methyl sites for hydroxylation is 1. The zero-order valence-corrected chi connectivity index (χ0v) is 13.4. The van der Waals surface area contributed by atoms with Gasteiger partial charge in [0.25, 0.3) is 0 Å². The van der Waals surface area contributed by atoms with Gasteiger partial charge >= 0.3 is 0 Å². The monoisotopic (exact) mass is 314 g/mol. The Kier molecular flexibility index (Phi) is 4.46. The first-order valence-electron chi connectivity index (χ1n) is 8.23. The second-order valence-corrected chi connectivity index (χ2v) is 6.51. The van der Waals surface area contributed by atoms with Crippen LogP contribution in [-0.2, 0) is 14.4 Å². The number of hydrogen-bond donors (Lipinski definition) is 1. The highest BCUT2D eigenvalue weighted by Crippen LogP contribution is 2.31. The van der Waals surface area contributed by atoms with Crippen LogP contribution in [0.3, 0.4) is 0 Å². The van der Waals surface area contributed by atoms with Gasteiger partial charge < -0.3 is 9.69 Å². The zero-order valence-electron chi connectivity index (χ0n) is 13.4. The Hall–Kier alpha value is -2.17. The predicted molar refractivity (Wildman–Crippen MR) is 87.3 cm³/mol. The fourth-order valence-electron chi connectivity index (χ4n) is 3.53. The Morgan fingerprint density at radius 1 is 1.17 bits per heavy atom. The molecule has 122 valence electrons. The van der Waals surface area contributed by atoms with Crippen LogP contribution in [0.2, 0.25) is 0 Å². The summed E-state index contributed by atoms with van der Waals surface area (Å²) in [6.45, 7) is 3.79. The lowest BCUT2D eigenvalue weighted by Gasteiger charge is -2.32. The molecule has 0 aromatic heterocycles. The van der Waals surface area contributed by atoms with E-state index in [1.54, 1.807) is 0 Å². The number of amides is 2. The molecule has 2 amide bonds. The van der Waals surface area contributed by atoms with Gasteiger partial charge in [-0.2, -0.15) is 0 Å². The number of anilines is 1. The number of benzene rings is 1. The van der Waals surface area contributed by atoms with Gasteiger partial charge in [-0.15, -0.1) is 0 Å². The van der Waals surface area contributed by atoms with Gasteiger partial charge in [0.15, 0.2) is 0 Å². The molecule has 2 aliphatic heterocycles. The van der Waals surface area contributed by atoms with E-state index in [1.165, 1.54) is 0 Å². The molecule has 5 heteroatoms. The average molecular weight is 314 g/mol. The van der Waals surface area contributed by atoms with Gasteiger partial charge in [0, 0.05) is 31.1 Å². The van der Waals surface area contributed by atoms with Gasteiger partial charge in [-0.25, -0.2) is 0 Å². The number of rotatable bonds is 3. The molecule has 1 N–H and O–H groups in total. The summed E-state index contributed by atoms with van der Waals surface area (Å²) in [7, 11) is 0. The number of piperidine rings is 2. The Balaban J connectivity index is 1.75. The molecule has 3 rings (SSSR count). The van der Waals surface area contributed by atoms with Crippen LogP contribution in [0.15, 0.2) is 18.2 Å². The van der Waals surface area contributed by atoms with Crippen LogP contribution in [0, 0.1) is 12.8 Å². The van der Waals surface area contributed by atoms with Crippen molar-refractivity contribution in [3.05, 3.63) is 29.3 Å². The summed E-state index contributed by atoms with van der Waals surface area (Å²) in [6.07, 6.45) is 3.84. The van der Waals surface area contributed by atoms with Crippen molar-refractivity contribution >= 4 is 23.8 Å². The summed E-state index contributed by atoms with van der Waals surface area (Å²) in [5.74, 6) is -0.417. The van der Waals surface area contributed by atoms with Crippen LogP contribution in [0.1, 0.15) is 42.7 Å². The Labute approximate surface area is 136 Å². The molecule has 0 saturated carbocycles. The first-order valence-corrected chi connectivity index (χ1v) is 8.23. The third-order valence-electron chi connectivity index (χ3n) is 4.97. The van der Waals surface area contributed by atoms with Gasteiger partial charge in [0.05, 0.1) is 5.92 Å². The molecule has 1 unspecified atom stereocenters. The van der Waals surface area contributed by atoms with E-state index in [9.17, 15) is 14.4 Å². The normalized spacial score (nSPS) is 22.8. The molecule has 23 heavy (non-hydrogen) atoms. The molecule has 0 radical (unpaired) electrons. The van der Waals surface area contributed by atoms with Crippen molar-refractivity contribution in [2.24, 2.45) is 5.92 Å². The number of carbonyl (C=O) groups is 3. The molecule has 2 heterocycles. The van der Waals surface area contributed by atoms with E-state index in [4.69, 9.17) is 0 Å². The lowest BCUT2D eigenvalue weighted by atomic mass is 9.87. The second kappa shape index (κ2) is 6.52. The highest BCUT2D eigenvalue weighted by atomic mass is 16.2. The molecular weight excluding hydrogens is 292 g/mol. The van der Waals surface area contributed by atoms with Crippen molar-refractivity contribution in [1.82, 2.24) is 5.32 Å². The summed E-state index contributed by atoms with van der Waals surface area (Å²) in [5, 5.41) is 2.42. The molecule has 1 atom stereocenters. The molecule has 2 fully saturated rings. The SMILES string of the molecule is Cc1cc(N2CCC(C=O)CC2)ccc1C1CCC(=O)NC1=O. The van der Waals surface area contributed by atoms with E-state index in [1.807, 2.05) is 19.1 Å². The highest BCUT2D eigenvalue weighted by Gasteiger charge is 2.29. The number of aldehydes is 1. The van der Waals surface area contributed by atoms with Gasteiger partial charge in [0.2, 0.25) is 11.8 Å². The van der Waals surface area contributed by atoms with E-state index in [0.717, 1.165) is 49.0 Å². The predicted octanol–water partition coefficient (Wildman–Crippen LogP) is 1.93. The van der Waals surface area contributed by atoms with Crippen molar-refractivity contribution in [3.8, 4) is 0 Å².